The predicted octanol–water partition coefficient (Wildman–Crippen LogP) is 1.88. The van der Waals surface area contributed by atoms with Crippen LogP contribution in [0.5, 0.6) is 0 Å². The monoisotopic (exact) mass is 268 g/mol. The van der Waals surface area contributed by atoms with Gasteiger partial charge in [-0.1, -0.05) is 19.1 Å². The molecule has 1 aliphatic rings. The minimum Gasteiger partial charge on any atom is -0.324 e. The number of hydrogen-bond acceptors (Lipinski definition) is 3. The van der Waals surface area contributed by atoms with Crippen LogP contribution in [0.2, 0.25) is 0 Å². The Morgan fingerprint density at radius 2 is 2.11 bits per heavy atom. The van der Waals surface area contributed by atoms with E-state index in [-0.39, 0.29) is 12.1 Å². The minimum atomic E-state index is -3.36. The second kappa shape index (κ2) is 4.99. The molecule has 0 heterocycles. The largest absolute Gasteiger partial charge is 0.324 e. The molecule has 2 rings (SSSR count). The molecule has 18 heavy (non-hydrogen) atoms. The van der Waals surface area contributed by atoms with Gasteiger partial charge in [0.15, 0.2) is 0 Å². The van der Waals surface area contributed by atoms with Crippen LogP contribution in [-0.2, 0) is 10.0 Å². The number of benzene rings is 1. The summed E-state index contributed by atoms with van der Waals surface area (Å²) >= 11 is 0. The molecule has 0 amide bonds. The van der Waals surface area contributed by atoms with Crippen molar-refractivity contribution >= 4 is 10.0 Å². The van der Waals surface area contributed by atoms with Gasteiger partial charge in [0.1, 0.15) is 0 Å². The van der Waals surface area contributed by atoms with Gasteiger partial charge in [-0.15, -0.1) is 0 Å². The number of nitrogens with two attached hydrogens (primary N) is 1. The van der Waals surface area contributed by atoms with Crippen molar-refractivity contribution < 1.29 is 8.42 Å². The van der Waals surface area contributed by atoms with E-state index in [1.54, 1.807) is 25.2 Å². The zero-order valence-corrected chi connectivity index (χ0v) is 11.7. The third kappa shape index (κ3) is 2.58. The fourth-order valence-electron chi connectivity index (χ4n) is 1.94. The SMILES string of the molecule is CCC(N)c1cccc(S(=O)(=O)N(C)C2CC2)c1. The Morgan fingerprint density at radius 3 is 2.67 bits per heavy atom. The Labute approximate surface area is 109 Å². The van der Waals surface area contributed by atoms with Gasteiger partial charge in [-0.2, -0.15) is 4.31 Å². The van der Waals surface area contributed by atoms with Crippen molar-refractivity contribution in [1.82, 2.24) is 4.31 Å². The van der Waals surface area contributed by atoms with Crippen molar-refractivity contribution in [3.8, 4) is 0 Å². The lowest BCUT2D eigenvalue weighted by Crippen LogP contribution is -2.29. The van der Waals surface area contributed by atoms with Crippen LogP contribution in [0.15, 0.2) is 29.2 Å². The van der Waals surface area contributed by atoms with Crippen molar-refractivity contribution in [2.75, 3.05) is 7.05 Å². The Kier molecular flexibility index (Phi) is 3.75. The number of sulfonamides is 1. The molecule has 0 aromatic heterocycles. The van der Waals surface area contributed by atoms with E-state index in [4.69, 9.17) is 5.73 Å². The molecule has 1 unspecified atom stereocenters. The molecule has 2 N–H and O–H groups in total. The van der Waals surface area contributed by atoms with Crippen LogP contribution in [0.25, 0.3) is 0 Å². The fourth-order valence-corrected chi connectivity index (χ4v) is 3.41. The molecule has 0 aliphatic heterocycles. The normalized spacial score (nSPS) is 18.0. The van der Waals surface area contributed by atoms with Crippen molar-refractivity contribution in [2.24, 2.45) is 5.73 Å². The lowest BCUT2D eigenvalue weighted by molar-refractivity contribution is 0.464. The predicted molar refractivity (Wildman–Crippen MR) is 71.6 cm³/mol. The second-order valence-electron chi connectivity index (χ2n) is 4.84. The zero-order valence-electron chi connectivity index (χ0n) is 10.8. The molecule has 100 valence electrons. The van der Waals surface area contributed by atoms with Crippen molar-refractivity contribution in [3.63, 3.8) is 0 Å². The van der Waals surface area contributed by atoms with Gasteiger partial charge < -0.3 is 5.73 Å². The van der Waals surface area contributed by atoms with E-state index in [1.165, 1.54) is 4.31 Å². The van der Waals surface area contributed by atoms with Gasteiger partial charge in [0.25, 0.3) is 0 Å². The molecule has 5 heteroatoms. The molecule has 1 aromatic carbocycles. The lowest BCUT2D eigenvalue weighted by Gasteiger charge is -2.17. The molecule has 4 nitrogen and oxygen atoms in total. The molecule has 1 aromatic rings. The summed E-state index contributed by atoms with van der Waals surface area (Å²) in [5, 5.41) is 0. The molecule has 1 aliphatic carbocycles. The standard InChI is InChI=1S/C13H20N2O2S/c1-3-13(14)10-5-4-6-12(9-10)18(16,17)15(2)11-7-8-11/h4-6,9,11,13H,3,7-8,14H2,1-2H3. The third-order valence-corrected chi connectivity index (χ3v) is 5.37. The molecule has 0 saturated heterocycles. The smallest absolute Gasteiger partial charge is 0.243 e. The van der Waals surface area contributed by atoms with Gasteiger partial charge >= 0.3 is 0 Å². The Hall–Kier alpha value is -0.910. The maximum atomic E-state index is 12.4. The van der Waals surface area contributed by atoms with E-state index in [9.17, 15) is 8.42 Å². The van der Waals surface area contributed by atoms with E-state index in [0.717, 1.165) is 24.8 Å². The first-order valence-electron chi connectivity index (χ1n) is 6.30. The number of rotatable bonds is 5. The summed E-state index contributed by atoms with van der Waals surface area (Å²) in [4.78, 5) is 0.346. The van der Waals surface area contributed by atoms with Crippen molar-refractivity contribution in [2.45, 2.75) is 43.2 Å². The summed E-state index contributed by atoms with van der Waals surface area (Å²) < 4.78 is 26.2. The molecule has 0 spiro atoms. The Morgan fingerprint density at radius 1 is 1.44 bits per heavy atom. The molecule has 1 atom stereocenters. The molecule has 0 radical (unpaired) electrons. The van der Waals surface area contributed by atoms with E-state index >= 15 is 0 Å². The van der Waals surface area contributed by atoms with Crippen LogP contribution in [0.4, 0.5) is 0 Å². The minimum absolute atomic E-state index is 0.105. The molecule has 1 saturated carbocycles. The van der Waals surface area contributed by atoms with Gasteiger partial charge in [0.2, 0.25) is 10.0 Å². The Bertz CT molecular complexity index is 524. The van der Waals surface area contributed by atoms with Crippen LogP contribution < -0.4 is 5.73 Å². The van der Waals surface area contributed by atoms with Crippen molar-refractivity contribution in [1.29, 1.82) is 0 Å². The maximum Gasteiger partial charge on any atom is 0.243 e. The van der Waals surface area contributed by atoms with Gasteiger partial charge in [-0.3, -0.25) is 0 Å². The maximum absolute atomic E-state index is 12.4. The van der Waals surface area contributed by atoms with Crippen LogP contribution in [0.3, 0.4) is 0 Å². The molecule has 1 fully saturated rings. The second-order valence-corrected chi connectivity index (χ2v) is 6.84. The average Bonchev–Trinajstić information content (AvgIpc) is 3.21. The first kappa shape index (κ1) is 13.5. The first-order chi connectivity index (χ1) is 8.46. The van der Waals surface area contributed by atoms with Gasteiger partial charge in [-0.05, 0) is 37.0 Å². The zero-order chi connectivity index (χ0) is 13.3. The number of nitrogens with zero attached hydrogens (tertiary/aromatic N) is 1. The topological polar surface area (TPSA) is 63.4 Å². The van der Waals surface area contributed by atoms with Crippen LogP contribution in [0, 0.1) is 0 Å². The van der Waals surface area contributed by atoms with Gasteiger partial charge in [0.05, 0.1) is 4.90 Å². The highest BCUT2D eigenvalue weighted by atomic mass is 32.2. The highest BCUT2D eigenvalue weighted by Gasteiger charge is 2.35. The molecular formula is C13H20N2O2S. The molecule has 0 bridgehead atoms. The Balaban J connectivity index is 2.32. The van der Waals surface area contributed by atoms with Crippen LogP contribution >= 0.6 is 0 Å². The summed E-state index contributed by atoms with van der Waals surface area (Å²) in [7, 11) is -1.71. The first-order valence-corrected chi connectivity index (χ1v) is 7.74. The lowest BCUT2D eigenvalue weighted by atomic mass is 10.1. The highest BCUT2D eigenvalue weighted by molar-refractivity contribution is 7.89. The van der Waals surface area contributed by atoms with Crippen molar-refractivity contribution in [3.05, 3.63) is 29.8 Å². The third-order valence-electron chi connectivity index (χ3n) is 3.46. The quantitative estimate of drug-likeness (QED) is 0.887. The number of hydrogen-bond donors (Lipinski definition) is 1. The summed E-state index contributed by atoms with van der Waals surface area (Å²) in [5.74, 6) is 0. The van der Waals surface area contributed by atoms with E-state index in [0.29, 0.717) is 4.90 Å². The van der Waals surface area contributed by atoms with Crippen LogP contribution in [-0.4, -0.2) is 25.8 Å². The summed E-state index contributed by atoms with van der Waals surface area (Å²) in [6.07, 6.45) is 2.72. The summed E-state index contributed by atoms with van der Waals surface area (Å²) in [6.45, 7) is 1.99. The highest BCUT2D eigenvalue weighted by Crippen LogP contribution is 2.31. The molecular weight excluding hydrogens is 248 g/mol. The fraction of sp³-hybridized carbons (Fsp3) is 0.538. The van der Waals surface area contributed by atoms with E-state index < -0.39 is 10.0 Å². The van der Waals surface area contributed by atoms with E-state index in [1.807, 2.05) is 13.0 Å². The van der Waals surface area contributed by atoms with Gasteiger partial charge in [0, 0.05) is 19.1 Å². The van der Waals surface area contributed by atoms with Crippen LogP contribution in [0.1, 0.15) is 37.8 Å². The summed E-state index contributed by atoms with van der Waals surface area (Å²) in [5.41, 5.74) is 6.82. The average molecular weight is 268 g/mol. The summed E-state index contributed by atoms with van der Waals surface area (Å²) in [6, 6.07) is 7.05. The van der Waals surface area contributed by atoms with Gasteiger partial charge in [-0.25, -0.2) is 8.42 Å². The van der Waals surface area contributed by atoms with E-state index in [2.05, 4.69) is 0 Å².